The van der Waals surface area contributed by atoms with Crippen molar-refractivity contribution in [2.75, 3.05) is 11.8 Å². The van der Waals surface area contributed by atoms with Gasteiger partial charge in [-0.25, -0.2) is 13.4 Å². The fourth-order valence-corrected chi connectivity index (χ4v) is 4.82. The number of aromatic nitrogens is 1. The number of hydrogen-bond donors (Lipinski definition) is 1. The molecule has 0 saturated carbocycles. The number of fused-ring (bicyclic) bond motifs is 1. The summed E-state index contributed by atoms with van der Waals surface area (Å²) in [4.78, 5) is 14.8. The number of ether oxygens (including phenoxy) is 1. The first-order valence-electron chi connectivity index (χ1n) is 9.28. The molecule has 0 radical (unpaired) electrons. The number of rotatable bonds is 8. The third kappa shape index (κ3) is 4.68. The van der Waals surface area contributed by atoms with Gasteiger partial charge in [-0.15, -0.1) is 0 Å². The van der Waals surface area contributed by atoms with E-state index >= 15 is 0 Å². The second kappa shape index (κ2) is 8.89. The Morgan fingerprint density at radius 1 is 1.12 bits per heavy atom. The van der Waals surface area contributed by atoms with E-state index in [1.165, 1.54) is 49.2 Å². The summed E-state index contributed by atoms with van der Waals surface area (Å²) in [7, 11) is -2.42. The van der Waals surface area contributed by atoms with E-state index in [1.807, 2.05) is 0 Å². The number of nitro benzene ring substituents is 1. The zero-order chi connectivity index (χ0) is 22.7. The van der Waals surface area contributed by atoms with Crippen LogP contribution < -0.4 is 9.46 Å². The number of nitro groups is 1. The molecule has 4 aromatic rings. The van der Waals surface area contributed by atoms with E-state index in [9.17, 15) is 18.5 Å². The lowest BCUT2D eigenvalue weighted by atomic mass is 10.2. The van der Waals surface area contributed by atoms with Crippen LogP contribution in [0.15, 0.2) is 81.3 Å². The maximum atomic E-state index is 12.8. The quantitative estimate of drug-likeness (QED) is 0.220. The topological polar surface area (TPSA) is 125 Å². The normalized spacial score (nSPS) is 11.4. The maximum Gasteiger partial charge on any atom is 0.269 e. The average Bonchev–Trinajstić information content (AvgIpc) is 3.20. The molecule has 0 unspecified atom stereocenters. The molecule has 0 bridgehead atoms. The fourth-order valence-electron chi connectivity index (χ4n) is 2.95. The summed E-state index contributed by atoms with van der Waals surface area (Å²) in [5.41, 5.74) is 1.90. The Morgan fingerprint density at radius 3 is 2.72 bits per heavy atom. The first-order chi connectivity index (χ1) is 15.4. The van der Waals surface area contributed by atoms with Crippen molar-refractivity contribution in [2.45, 2.75) is 15.9 Å². The van der Waals surface area contributed by atoms with Gasteiger partial charge in [0.1, 0.15) is 11.3 Å². The summed E-state index contributed by atoms with van der Waals surface area (Å²) in [6.45, 7) is 0. The van der Waals surface area contributed by atoms with Crippen molar-refractivity contribution in [1.82, 2.24) is 4.98 Å². The van der Waals surface area contributed by atoms with Gasteiger partial charge in [-0.05, 0) is 35.9 Å². The van der Waals surface area contributed by atoms with Gasteiger partial charge in [-0.2, -0.15) is 0 Å². The Bertz CT molecular complexity index is 1400. The highest BCUT2D eigenvalue weighted by atomic mass is 32.2. The van der Waals surface area contributed by atoms with E-state index in [0.717, 1.165) is 5.56 Å². The van der Waals surface area contributed by atoms with Crippen LogP contribution in [0.3, 0.4) is 0 Å². The smallest absolute Gasteiger partial charge is 0.269 e. The second-order valence-electron chi connectivity index (χ2n) is 6.63. The number of nitrogens with one attached hydrogen (secondary N) is 1. The van der Waals surface area contributed by atoms with Crippen molar-refractivity contribution >= 4 is 44.3 Å². The largest absolute Gasteiger partial charge is 0.495 e. The minimum Gasteiger partial charge on any atom is -0.495 e. The SMILES string of the molecule is COc1ccccc1NS(=O)(=O)c1ccc2oc(SCc3cccc([N+](=O)[O-])c3)nc2c1. The van der Waals surface area contributed by atoms with E-state index in [-0.39, 0.29) is 10.6 Å². The molecule has 0 aliphatic carbocycles. The van der Waals surface area contributed by atoms with E-state index in [1.54, 1.807) is 36.4 Å². The van der Waals surface area contributed by atoms with E-state index in [0.29, 0.717) is 33.5 Å². The van der Waals surface area contributed by atoms with Crippen LogP contribution >= 0.6 is 11.8 Å². The molecule has 0 fully saturated rings. The van der Waals surface area contributed by atoms with Gasteiger partial charge < -0.3 is 9.15 Å². The molecule has 11 heteroatoms. The number of benzene rings is 3. The van der Waals surface area contributed by atoms with Gasteiger partial charge in [0.15, 0.2) is 5.58 Å². The minimum absolute atomic E-state index is 0.0121. The lowest BCUT2D eigenvalue weighted by Gasteiger charge is -2.11. The number of oxazole rings is 1. The highest BCUT2D eigenvalue weighted by Crippen LogP contribution is 2.30. The van der Waals surface area contributed by atoms with Crippen LogP contribution in [0.1, 0.15) is 5.56 Å². The van der Waals surface area contributed by atoms with Crippen molar-refractivity contribution < 1.29 is 22.5 Å². The van der Waals surface area contributed by atoms with Gasteiger partial charge >= 0.3 is 0 Å². The number of para-hydroxylation sites is 2. The molecule has 164 valence electrons. The Balaban J connectivity index is 1.53. The van der Waals surface area contributed by atoms with Crippen molar-refractivity contribution in [3.8, 4) is 5.75 Å². The summed E-state index contributed by atoms with van der Waals surface area (Å²) in [6.07, 6.45) is 0. The van der Waals surface area contributed by atoms with Crippen LogP contribution in [0, 0.1) is 10.1 Å². The molecule has 32 heavy (non-hydrogen) atoms. The maximum absolute atomic E-state index is 12.8. The molecule has 0 saturated heterocycles. The molecule has 3 aromatic carbocycles. The van der Waals surface area contributed by atoms with E-state index in [4.69, 9.17) is 9.15 Å². The number of anilines is 1. The van der Waals surface area contributed by atoms with Gasteiger partial charge in [0, 0.05) is 17.9 Å². The van der Waals surface area contributed by atoms with Gasteiger partial charge in [0.25, 0.3) is 20.9 Å². The van der Waals surface area contributed by atoms with Crippen LogP contribution in [0.5, 0.6) is 5.75 Å². The van der Waals surface area contributed by atoms with Gasteiger partial charge in [0.05, 0.1) is 22.6 Å². The molecule has 0 spiro atoms. The number of non-ortho nitro benzene ring substituents is 1. The van der Waals surface area contributed by atoms with E-state index in [2.05, 4.69) is 9.71 Å². The second-order valence-corrected chi connectivity index (χ2v) is 9.24. The Hall–Kier alpha value is -3.57. The summed E-state index contributed by atoms with van der Waals surface area (Å²) >= 11 is 1.26. The summed E-state index contributed by atoms with van der Waals surface area (Å²) in [5, 5.41) is 11.2. The molecule has 4 rings (SSSR count). The molecule has 0 atom stereocenters. The Labute approximate surface area is 187 Å². The zero-order valence-electron chi connectivity index (χ0n) is 16.7. The lowest BCUT2D eigenvalue weighted by Crippen LogP contribution is -2.13. The number of sulfonamides is 1. The summed E-state index contributed by atoms with van der Waals surface area (Å²) < 4.78 is 39.0. The Kier molecular flexibility index (Phi) is 6.01. The number of methoxy groups -OCH3 is 1. The van der Waals surface area contributed by atoms with E-state index < -0.39 is 14.9 Å². The summed E-state index contributed by atoms with van der Waals surface area (Å²) in [5.74, 6) is 0.813. The predicted molar refractivity (Wildman–Crippen MR) is 120 cm³/mol. The van der Waals surface area contributed by atoms with Gasteiger partial charge in [-0.1, -0.05) is 36.0 Å². The monoisotopic (exact) mass is 471 g/mol. The number of hydrogen-bond acceptors (Lipinski definition) is 8. The predicted octanol–water partition coefficient (Wildman–Crippen LogP) is 4.84. The Morgan fingerprint density at radius 2 is 1.94 bits per heavy atom. The first-order valence-corrected chi connectivity index (χ1v) is 11.8. The highest BCUT2D eigenvalue weighted by Gasteiger charge is 2.18. The van der Waals surface area contributed by atoms with Crippen LogP contribution in [-0.2, 0) is 15.8 Å². The molecule has 0 aliphatic heterocycles. The molecular formula is C21H17N3O6S2. The summed E-state index contributed by atoms with van der Waals surface area (Å²) in [6, 6.07) is 17.4. The molecule has 0 amide bonds. The van der Waals surface area contributed by atoms with Gasteiger partial charge in [0.2, 0.25) is 0 Å². The zero-order valence-corrected chi connectivity index (χ0v) is 18.4. The first kappa shape index (κ1) is 21.7. The number of thioether (sulfide) groups is 1. The van der Waals surface area contributed by atoms with Crippen molar-refractivity contribution in [1.29, 1.82) is 0 Å². The highest BCUT2D eigenvalue weighted by molar-refractivity contribution is 7.98. The molecule has 1 aromatic heterocycles. The van der Waals surface area contributed by atoms with Crippen molar-refractivity contribution in [2.24, 2.45) is 0 Å². The van der Waals surface area contributed by atoms with Crippen LogP contribution in [0.4, 0.5) is 11.4 Å². The van der Waals surface area contributed by atoms with Crippen LogP contribution in [-0.4, -0.2) is 25.4 Å². The van der Waals surface area contributed by atoms with Gasteiger partial charge in [-0.3, -0.25) is 14.8 Å². The fraction of sp³-hybridized carbons (Fsp3) is 0.0952. The molecule has 1 heterocycles. The standard InChI is InChI=1S/C21H17N3O6S2/c1-29-19-8-3-2-7-17(19)23-32(27,28)16-9-10-20-18(12-16)22-21(30-20)31-13-14-5-4-6-15(11-14)24(25)26/h2-12,23H,13H2,1H3. The average molecular weight is 472 g/mol. The third-order valence-corrected chi connectivity index (χ3v) is 6.75. The van der Waals surface area contributed by atoms with Crippen molar-refractivity contribution in [3.63, 3.8) is 0 Å². The molecule has 0 aliphatic rings. The lowest BCUT2D eigenvalue weighted by molar-refractivity contribution is -0.384. The van der Waals surface area contributed by atoms with Crippen LogP contribution in [0.25, 0.3) is 11.1 Å². The molecule has 1 N–H and O–H groups in total. The third-order valence-electron chi connectivity index (χ3n) is 4.48. The van der Waals surface area contributed by atoms with Crippen molar-refractivity contribution in [3.05, 3.63) is 82.4 Å². The van der Waals surface area contributed by atoms with Crippen LogP contribution in [0.2, 0.25) is 0 Å². The number of nitrogens with zero attached hydrogens (tertiary/aromatic N) is 2. The molecule has 9 nitrogen and oxygen atoms in total. The minimum atomic E-state index is -3.88. The molecular weight excluding hydrogens is 454 g/mol.